The first-order valence-electron chi connectivity index (χ1n) is 7.15. The monoisotopic (exact) mass is 271 g/mol. The van der Waals surface area contributed by atoms with E-state index in [0.717, 1.165) is 6.42 Å². The molecule has 0 bridgehead atoms. The Bertz CT molecular complexity index is 521. The van der Waals surface area contributed by atoms with Gasteiger partial charge >= 0.3 is 0 Å². The van der Waals surface area contributed by atoms with Crippen molar-refractivity contribution >= 4 is 0 Å². The number of nitrogens with zero attached hydrogens (tertiary/aromatic N) is 1. The summed E-state index contributed by atoms with van der Waals surface area (Å²) in [5, 5.41) is 0. The molecule has 0 amide bonds. The normalized spacial score (nSPS) is 14.2. The zero-order chi connectivity index (χ0) is 14.5. The van der Waals surface area contributed by atoms with Gasteiger partial charge in [-0.1, -0.05) is 49.4 Å². The van der Waals surface area contributed by atoms with E-state index in [0.29, 0.717) is 12.1 Å². The lowest BCUT2D eigenvalue weighted by molar-refractivity contribution is 0.181. The smallest absolute Gasteiger partial charge is 0.123 e. The van der Waals surface area contributed by atoms with Gasteiger partial charge in [0.2, 0.25) is 0 Å². The van der Waals surface area contributed by atoms with Gasteiger partial charge in [0.1, 0.15) is 5.82 Å². The van der Waals surface area contributed by atoms with Crippen molar-refractivity contribution in [3.63, 3.8) is 0 Å². The molecule has 0 radical (unpaired) electrons. The minimum absolute atomic E-state index is 0.178. The predicted octanol–water partition coefficient (Wildman–Crippen LogP) is 4.97. The van der Waals surface area contributed by atoms with Crippen LogP contribution in [-0.4, -0.2) is 11.9 Å². The summed E-state index contributed by atoms with van der Waals surface area (Å²) < 4.78 is 13.1. The van der Waals surface area contributed by atoms with E-state index in [1.165, 1.54) is 11.1 Å². The number of halogens is 1. The topological polar surface area (TPSA) is 3.24 Å². The summed E-state index contributed by atoms with van der Waals surface area (Å²) in [7, 11) is 2.13. The Morgan fingerprint density at radius 2 is 1.55 bits per heavy atom. The molecule has 2 rings (SSSR count). The maximum Gasteiger partial charge on any atom is 0.123 e. The van der Waals surface area contributed by atoms with Crippen LogP contribution in [0, 0.1) is 5.82 Å². The van der Waals surface area contributed by atoms with Gasteiger partial charge in [0.15, 0.2) is 0 Å². The molecule has 20 heavy (non-hydrogen) atoms. The standard InChI is InChI=1S/C18H22FN/c1-4-18(16-10-12-17(19)13-11-16)20(3)14(2)15-8-6-5-7-9-15/h5-14,18H,4H2,1-3H3. The molecule has 106 valence electrons. The van der Waals surface area contributed by atoms with E-state index in [-0.39, 0.29) is 5.82 Å². The molecular weight excluding hydrogens is 249 g/mol. The highest BCUT2D eigenvalue weighted by atomic mass is 19.1. The zero-order valence-corrected chi connectivity index (χ0v) is 12.4. The summed E-state index contributed by atoms with van der Waals surface area (Å²) >= 11 is 0. The maximum atomic E-state index is 13.1. The molecule has 0 saturated carbocycles. The molecule has 0 aliphatic rings. The molecule has 2 unspecified atom stereocenters. The van der Waals surface area contributed by atoms with Gasteiger partial charge in [-0.15, -0.1) is 0 Å². The summed E-state index contributed by atoms with van der Waals surface area (Å²) in [6, 6.07) is 18.0. The van der Waals surface area contributed by atoms with Gasteiger partial charge in [-0.25, -0.2) is 4.39 Å². The molecule has 0 spiro atoms. The third-order valence-corrected chi connectivity index (χ3v) is 4.03. The summed E-state index contributed by atoms with van der Waals surface area (Å²) in [6.07, 6.45) is 0.999. The zero-order valence-electron chi connectivity index (χ0n) is 12.4. The van der Waals surface area contributed by atoms with E-state index in [4.69, 9.17) is 0 Å². The lowest BCUT2D eigenvalue weighted by Gasteiger charge is -2.33. The van der Waals surface area contributed by atoms with Crippen molar-refractivity contribution in [3.8, 4) is 0 Å². The Morgan fingerprint density at radius 3 is 2.10 bits per heavy atom. The number of benzene rings is 2. The van der Waals surface area contributed by atoms with Crippen LogP contribution >= 0.6 is 0 Å². The Balaban J connectivity index is 2.20. The second kappa shape index (κ2) is 6.67. The minimum Gasteiger partial charge on any atom is -0.293 e. The number of rotatable bonds is 5. The minimum atomic E-state index is -0.178. The van der Waals surface area contributed by atoms with Crippen molar-refractivity contribution in [1.29, 1.82) is 0 Å². The molecule has 0 aliphatic heterocycles. The summed E-state index contributed by atoms with van der Waals surface area (Å²) in [5.74, 6) is -0.178. The fraction of sp³-hybridized carbons (Fsp3) is 0.333. The molecule has 2 atom stereocenters. The Morgan fingerprint density at radius 1 is 0.950 bits per heavy atom. The lowest BCUT2D eigenvalue weighted by atomic mass is 9.99. The van der Waals surface area contributed by atoms with Crippen molar-refractivity contribution in [2.24, 2.45) is 0 Å². The summed E-state index contributed by atoms with van der Waals surface area (Å²) in [5.41, 5.74) is 2.47. The average Bonchev–Trinajstić information content (AvgIpc) is 2.50. The second-order valence-electron chi connectivity index (χ2n) is 5.23. The fourth-order valence-corrected chi connectivity index (χ4v) is 2.68. The third-order valence-electron chi connectivity index (χ3n) is 4.03. The van der Waals surface area contributed by atoms with E-state index in [2.05, 4.69) is 50.1 Å². The van der Waals surface area contributed by atoms with E-state index >= 15 is 0 Å². The lowest BCUT2D eigenvalue weighted by Crippen LogP contribution is -2.27. The largest absolute Gasteiger partial charge is 0.293 e. The number of hydrogen-bond acceptors (Lipinski definition) is 1. The first kappa shape index (κ1) is 14.7. The van der Waals surface area contributed by atoms with Crippen LogP contribution in [0.4, 0.5) is 4.39 Å². The van der Waals surface area contributed by atoms with Crippen LogP contribution in [0.25, 0.3) is 0 Å². The van der Waals surface area contributed by atoms with Crippen LogP contribution in [-0.2, 0) is 0 Å². The molecule has 0 saturated heterocycles. The van der Waals surface area contributed by atoms with Crippen LogP contribution in [0.2, 0.25) is 0 Å². The fourth-order valence-electron chi connectivity index (χ4n) is 2.68. The van der Waals surface area contributed by atoms with Crippen LogP contribution in [0.5, 0.6) is 0 Å². The highest BCUT2D eigenvalue weighted by molar-refractivity contribution is 5.22. The number of hydrogen-bond donors (Lipinski definition) is 0. The maximum absolute atomic E-state index is 13.1. The van der Waals surface area contributed by atoms with Gasteiger partial charge < -0.3 is 0 Å². The molecule has 2 aromatic rings. The van der Waals surface area contributed by atoms with Gasteiger partial charge in [0.05, 0.1) is 0 Å². The highest BCUT2D eigenvalue weighted by Crippen LogP contribution is 2.30. The molecule has 2 heteroatoms. The Labute approximate surface area is 121 Å². The molecular formula is C18H22FN. The first-order valence-corrected chi connectivity index (χ1v) is 7.15. The SMILES string of the molecule is CCC(c1ccc(F)cc1)N(C)C(C)c1ccccc1. The van der Waals surface area contributed by atoms with Gasteiger partial charge in [-0.2, -0.15) is 0 Å². The van der Waals surface area contributed by atoms with E-state index in [1.807, 2.05) is 18.2 Å². The Kier molecular flexibility index (Phi) is 4.91. The van der Waals surface area contributed by atoms with Crippen molar-refractivity contribution in [2.45, 2.75) is 32.4 Å². The summed E-state index contributed by atoms with van der Waals surface area (Å²) in [6.45, 7) is 4.38. The molecule has 1 nitrogen and oxygen atoms in total. The van der Waals surface area contributed by atoms with E-state index in [1.54, 1.807) is 12.1 Å². The van der Waals surface area contributed by atoms with E-state index in [9.17, 15) is 4.39 Å². The van der Waals surface area contributed by atoms with Crippen molar-refractivity contribution < 1.29 is 4.39 Å². The van der Waals surface area contributed by atoms with Crippen LogP contribution in [0.3, 0.4) is 0 Å². The van der Waals surface area contributed by atoms with Crippen molar-refractivity contribution in [2.75, 3.05) is 7.05 Å². The molecule has 0 aliphatic carbocycles. The van der Waals surface area contributed by atoms with Crippen molar-refractivity contribution in [1.82, 2.24) is 4.90 Å². The summed E-state index contributed by atoms with van der Waals surface area (Å²) in [4.78, 5) is 2.35. The Hall–Kier alpha value is -1.67. The van der Waals surface area contributed by atoms with Crippen LogP contribution < -0.4 is 0 Å². The van der Waals surface area contributed by atoms with Gasteiger partial charge in [-0.3, -0.25) is 4.90 Å². The van der Waals surface area contributed by atoms with Crippen LogP contribution in [0.15, 0.2) is 54.6 Å². The van der Waals surface area contributed by atoms with Gasteiger partial charge in [0.25, 0.3) is 0 Å². The van der Waals surface area contributed by atoms with Crippen LogP contribution in [0.1, 0.15) is 43.5 Å². The molecule has 0 aromatic heterocycles. The van der Waals surface area contributed by atoms with Crippen molar-refractivity contribution in [3.05, 3.63) is 71.5 Å². The third kappa shape index (κ3) is 3.26. The molecule has 0 N–H and O–H groups in total. The first-order chi connectivity index (χ1) is 9.63. The van der Waals surface area contributed by atoms with Gasteiger partial charge in [0, 0.05) is 12.1 Å². The van der Waals surface area contributed by atoms with E-state index < -0.39 is 0 Å². The quantitative estimate of drug-likeness (QED) is 0.742. The van der Waals surface area contributed by atoms with Gasteiger partial charge in [-0.05, 0) is 43.7 Å². The second-order valence-corrected chi connectivity index (χ2v) is 5.23. The molecule has 0 fully saturated rings. The average molecular weight is 271 g/mol. The highest BCUT2D eigenvalue weighted by Gasteiger charge is 2.20. The molecule has 2 aromatic carbocycles. The predicted molar refractivity (Wildman–Crippen MR) is 82.1 cm³/mol. The molecule has 0 heterocycles.